The Balaban J connectivity index is 2.03. The Labute approximate surface area is 133 Å². The van der Waals surface area contributed by atoms with E-state index in [1.807, 2.05) is 36.4 Å². The second kappa shape index (κ2) is 6.57. The van der Waals surface area contributed by atoms with Crippen molar-refractivity contribution in [2.45, 2.75) is 6.61 Å². The topological polar surface area (TPSA) is 62.4 Å². The third-order valence-corrected chi connectivity index (χ3v) is 3.44. The van der Waals surface area contributed by atoms with Crippen molar-refractivity contribution >= 4 is 22.5 Å². The average Bonchev–Trinajstić information content (AvgIpc) is 2.60. The zero-order valence-corrected chi connectivity index (χ0v) is 12.2. The number of isocyanates is 1. The number of ether oxygens (including phenoxy) is 1. The second-order valence-electron chi connectivity index (χ2n) is 4.97. The number of nitriles is 1. The first-order valence-corrected chi connectivity index (χ1v) is 7.02. The lowest BCUT2D eigenvalue weighted by Crippen LogP contribution is -1.96. The summed E-state index contributed by atoms with van der Waals surface area (Å²) in [7, 11) is 0. The first-order chi connectivity index (χ1) is 11.3. The summed E-state index contributed by atoms with van der Waals surface area (Å²) in [5.74, 6) is 0.616. The summed E-state index contributed by atoms with van der Waals surface area (Å²) in [4.78, 5) is 14.2. The van der Waals surface area contributed by atoms with Crippen molar-refractivity contribution < 1.29 is 9.53 Å². The van der Waals surface area contributed by atoms with Gasteiger partial charge < -0.3 is 4.74 Å². The van der Waals surface area contributed by atoms with Crippen LogP contribution in [0.3, 0.4) is 0 Å². The molecule has 0 radical (unpaired) electrons. The summed E-state index contributed by atoms with van der Waals surface area (Å²) >= 11 is 0. The summed E-state index contributed by atoms with van der Waals surface area (Å²) in [5.41, 5.74) is 2.03. The van der Waals surface area contributed by atoms with Crippen molar-refractivity contribution in [2.75, 3.05) is 0 Å². The highest BCUT2D eigenvalue weighted by atomic mass is 16.5. The molecule has 0 spiro atoms. The Morgan fingerprint density at radius 3 is 2.61 bits per heavy atom. The summed E-state index contributed by atoms with van der Waals surface area (Å²) in [6, 6.07) is 20.6. The molecule has 3 aromatic carbocycles. The normalized spacial score (nSPS) is 9.87. The Bertz CT molecular complexity index is 937. The number of nitrogens with zero attached hydrogens (tertiary/aromatic N) is 2. The van der Waals surface area contributed by atoms with Crippen LogP contribution in [0.1, 0.15) is 11.1 Å². The maximum absolute atomic E-state index is 10.5. The zero-order chi connectivity index (χ0) is 16.1. The number of hydrogen-bond acceptors (Lipinski definition) is 4. The van der Waals surface area contributed by atoms with Gasteiger partial charge in [0.2, 0.25) is 6.08 Å². The molecular formula is C19H12N2O2. The van der Waals surface area contributed by atoms with Crippen LogP contribution >= 0.6 is 0 Å². The number of rotatable bonds is 4. The maximum Gasteiger partial charge on any atom is 0.240 e. The lowest BCUT2D eigenvalue weighted by molar-refractivity contribution is 0.310. The first-order valence-electron chi connectivity index (χ1n) is 7.02. The predicted molar refractivity (Wildman–Crippen MR) is 87.2 cm³/mol. The van der Waals surface area contributed by atoms with E-state index in [9.17, 15) is 4.79 Å². The first kappa shape index (κ1) is 14.5. The molecule has 0 N–H and O–H groups in total. The minimum Gasteiger partial charge on any atom is -0.488 e. The van der Waals surface area contributed by atoms with Crippen LogP contribution in [-0.2, 0) is 11.4 Å². The fraction of sp³-hybridized carbons (Fsp3) is 0.0526. The van der Waals surface area contributed by atoms with Gasteiger partial charge in [0.15, 0.2) is 0 Å². The molecule has 0 heterocycles. The summed E-state index contributed by atoms with van der Waals surface area (Å²) in [6.45, 7) is 0.407. The van der Waals surface area contributed by atoms with Crippen LogP contribution < -0.4 is 4.74 Å². The van der Waals surface area contributed by atoms with Gasteiger partial charge in [-0.3, -0.25) is 0 Å². The van der Waals surface area contributed by atoms with Crippen molar-refractivity contribution in [3.63, 3.8) is 0 Å². The monoisotopic (exact) mass is 300 g/mol. The standard InChI is InChI=1S/C19H12N2O2/c20-11-15-6-7-18-16(8-15)9-17(21-13-22)10-19(18)23-12-14-4-2-1-3-5-14/h1-10H,12H2. The predicted octanol–water partition coefficient (Wildman–Crippen LogP) is 4.26. The van der Waals surface area contributed by atoms with Gasteiger partial charge in [0.05, 0.1) is 17.3 Å². The van der Waals surface area contributed by atoms with Crippen molar-refractivity contribution in [3.05, 3.63) is 71.8 Å². The Morgan fingerprint density at radius 1 is 1.04 bits per heavy atom. The van der Waals surface area contributed by atoms with Crippen LogP contribution in [0.25, 0.3) is 10.8 Å². The quantitative estimate of drug-likeness (QED) is 0.534. The van der Waals surface area contributed by atoms with E-state index in [1.54, 1.807) is 24.3 Å². The number of aliphatic imine (C=N–C) groups is 1. The highest BCUT2D eigenvalue weighted by Crippen LogP contribution is 2.32. The van der Waals surface area contributed by atoms with Gasteiger partial charge in [-0.05, 0) is 35.2 Å². The van der Waals surface area contributed by atoms with Crippen molar-refractivity contribution in [1.29, 1.82) is 5.26 Å². The largest absolute Gasteiger partial charge is 0.488 e. The van der Waals surface area contributed by atoms with Crippen LogP contribution in [0.15, 0.2) is 65.7 Å². The number of carbonyl (C=O) groups excluding carboxylic acids is 1. The summed E-state index contributed by atoms with van der Waals surface area (Å²) < 4.78 is 5.89. The molecule has 0 aliphatic rings. The van der Waals surface area contributed by atoms with Gasteiger partial charge in [0.25, 0.3) is 0 Å². The molecule has 23 heavy (non-hydrogen) atoms. The molecule has 0 aliphatic heterocycles. The molecule has 0 amide bonds. The van der Waals surface area contributed by atoms with E-state index in [4.69, 9.17) is 10.00 Å². The highest BCUT2D eigenvalue weighted by molar-refractivity contribution is 5.92. The number of hydrogen-bond donors (Lipinski definition) is 0. The number of fused-ring (bicyclic) bond motifs is 1. The summed E-state index contributed by atoms with van der Waals surface area (Å²) in [6.07, 6.45) is 1.53. The lowest BCUT2D eigenvalue weighted by Gasteiger charge is -2.10. The van der Waals surface area contributed by atoms with Crippen molar-refractivity contribution in [1.82, 2.24) is 0 Å². The smallest absolute Gasteiger partial charge is 0.240 e. The van der Waals surface area contributed by atoms with Crippen LogP contribution in [0.2, 0.25) is 0 Å². The van der Waals surface area contributed by atoms with Gasteiger partial charge >= 0.3 is 0 Å². The molecule has 0 saturated carbocycles. The van der Waals surface area contributed by atoms with E-state index in [0.717, 1.165) is 16.3 Å². The average molecular weight is 300 g/mol. The fourth-order valence-electron chi connectivity index (χ4n) is 2.36. The third-order valence-electron chi connectivity index (χ3n) is 3.44. The second-order valence-corrected chi connectivity index (χ2v) is 4.97. The molecule has 0 saturated heterocycles. The molecule has 3 rings (SSSR count). The van der Waals surface area contributed by atoms with E-state index in [2.05, 4.69) is 11.1 Å². The van der Waals surface area contributed by atoms with E-state index in [1.165, 1.54) is 6.08 Å². The van der Waals surface area contributed by atoms with Gasteiger partial charge in [-0.1, -0.05) is 30.3 Å². The van der Waals surface area contributed by atoms with Crippen LogP contribution in [-0.4, -0.2) is 6.08 Å². The third kappa shape index (κ3) is 3.26. The molecular weight excluding hydrogens is 288 g/mol. The molecule has 110 valence electrons. The van der Waals surface area contributed by atoms with E-state index in [-0.39, 0.29) is 0 Å². The molecule has 0 aliphatic carbocycles. The Hall–Kier alpha value is -3.41. The van der Waals surface area contributed by atoms with Gasteiger partial charge in [-0.25, -0.2) is 4.79 Å². The SMILES string of the molecule is N#Cc1ccc2c(OCc3ccccc3)cc(N=C=O)cc2c1. The zero-order valence-electron chi connectivity index (χ0n) is 12.2. The van der Waals surface area contributed by atoms with E-state index < -0.39 is 0 Å². The van der Waals surface area contributed by atoms with E-state index >= 15 is 0 Å². The highest BCUT2D eigenvalue weighted by Gasteiger charge is 2.07. The molecule has 4 nitrogen and oxygen atoms in total. The minimum atomic E-state index is 0.407. The molecule has 0 unspecified atom stereocenters. The molecule has 0 fully saturated rings. The van der Waals surface area contributed by atoms with Gasteiger partial charge in [-0.2, -0.15) is 10.3 Å². The molecule has 0 aromatic heterocycles. The maximum atomic E-state index is 10.5. The van der Waals surface area contributed by atoms with Crippen molar-refractivity contribution in [3.8, 4) is 11.8 Å². The van der Waals surface area contributed by atoms with Gasteiger partial charge in [0.1, 0.15) is 12.4 Å². The van der Waals surface area contributed by atoms with Gasteiger partial charge in [-0.15, -0.1) is 0 Å². The summed E-state index contributed by atoms with van der Waals surface area (Å²) in [5, 5.41) is 10.7. The number of benzene rings is 3. The van der Waals surface area contributed by atoms with Crippen LogP contribution in [0.4, 0.5) is 5.69 Å². The Kier molecular flexibility index (Phi) is 4.15. The Morgan fingerprint density at radius 2 is 1.87 bits per heavy atom. The molecule has 0 atom stereocenters. The molecule has 0 bridgehead atoms. The molecule has 4 heteroatoms. The van der Waals surface area contributed by atoms with E-state index in [0.29, 0.717) is 23.6 Å². The van der Waals surface area contributed by atoms with Crippen LogP contribution in [0.5, 0.6) is 5.75 Å². The fourth-order valence-corrected chi connectivity index (χ4v) is 2.36. The van der Waals surface area contributed by atoms with Crippen LogP contribution in [0, 0.1) is 11.3 Å². The van der Waals surface area contributed by atoms with Gasteiger partial charge in [0, 0.05) is 11.5 Å². The lowest BCUT2D eigenvalue weighted by atomic mass is 10.1. The minimum absolute atomic E-state index is 0.407. The molecule has 3 aromatic rings. The van der Waals surface area contributed by atoms with Crippen molar-refractivity contribution in [2.24, 2.45) is 4.99 Å².